The maximum absolute atomic E-state index is 13.1. The Labute approximate surface area is 120 Å². The van der Waals surface area contributed by atoms with E-state index in [1.54, 1.807) is 25.3 Å². The molecule has 2 aromatic heterocycles. The van der Waals surface area contributed by atoms with Crippen LogP contribution >= 0.6 is 0 Å². The third-order valence-electron chi connectivity index (χ3n) is 3.16. The molecule has 0 N–H and O–H groups in total. The lowest BCUT2D eigenvalue weighted by Crippen LogP contribution is -2.11. The van der Waals surface area contributed by atoms with E-state index in [0.29, 0.717) is 11.3 Å². The van der Waals surface area contributed by atoms with Crippen molar-refractivity contribution < 1.29 is 13.9 Å². The van der Waals surface area contributed by atoms with Gasteiger partial charge in [0.25, 0.3) is 0 Å². The molecule has 0 fully saturated rings. The van der Waals surface area contributed by atoms with Crippen LogP contribution in [0, 0.1) is 5.82 Å². The normalized spacial score (nSPS) is 10.8. The molecule has 0 radical (unpaired) electrons. The van der Waals surface area contributed by atoms with Crippen molar-refractivity contribution in [3.8, 4) is 11.3 Å². The number of rotatable bonds is 3. The minimum Gasteiger partial charge on any atom is -0.461 e. The molecule has 2 heterocycles. The molecule has 106 valence electrons. The van der Waals surface area contributed by atoms with Gasteiger partial charge in [-0.15, -0.1) is 0 Å². The van der Waals surface area contributed by atoms with E-state index in [1.165, 1.54) is 12.1 Å². The van der Waals surface area contributed by atoms with E-state index >= 15 is 0 Å². The fraction of sp³-hybridized carbons (Fsp3) is 0.125. The van der Waals surface area contributed by atoms with Crippen LogP contribution in [0.2, 0.25) is 0 Å². The highest BCUT2D eigenvalue weighted by molar-refractivity contribution is 5.94. The fourth-order valence-electron chi connectivity index (χ4n) is 2.24. The van der Waals surface area contributed by atoms with E-state index < -0.39 is 5.97 Å². The Morgan fingerprint density at radius 2 is 2.05 bits per heavy atom. The van der Waals surface area contributed by atoms with Gasteiger partial charge in [0.15, 0.2) is 5.69 Å². The van der Waals surface area contributed by atoms with Gasteiger partial charge in [0, 0.05) is 11.8 Å². The Hall–Kier alpha value is -2.69. The Kier molecular flexibility index (Phi) is 3.39. The first kappa shape index (κ1) is 13.3. The van der Waals surface area contributed by atoms with Crippen LogP contribution in [0.5, 0.6) is 0 Å². The summed E-state index contributed by atoms with van der Waals surface area (Å²) in [5, 5.41) is 0. The van der Waals surface area contributed by atoms with Gasteiger partial charge >= 0.3 is 5.97 Å². The van der Waals surface area contributed by atoms with Crippen molar-refractivity contribution in [3.05, 3.63) is 60.3 Å². The first-order chi connectivity index (χ1) is 10.2. The molecule has 0 saturated carbocycles. The SMILES string of the molecule is CCOC(=O)c1ncc2cccn2c1-c1ccc(F)cc1. The molecule has 21 heavy (non-hydrogen) atoms. The highest BCUT2D eigenvalue weighted by atomic mass is 19.1. The van der Waals surface area contributed by atoms with Crippen molar-refractivity contribution in [2.24, 2.45) is 0 Å². The van der Waals surface area contributed by atoms with Crippen molar-refractivity contribution >= 4 is 11.5 Å². The molecule has 3 rings (SSSR count). The topological polar surface area (TPSA) is 43.6 Å². The predicted octanol–water partition coefficient (Wildman–Crippen LogP) is 3.32. The quantitative estimate of drug-likeness (QED) is 0.693. The molecular formula is C16H13FN2O2. The number of carbonyl (C=O) groups excluding carboxylic acids is 1. The first-order valence-electron chi connectivity index (χ1n) is 6.60. The van der Waals surface area contributed by atoms with Crippen LogP contribution in [-0.2, 0) is 4.74 Å². The van der Waals surface area contributed by atoms with Crippen LogP contribution in [-0.4, -0.2) is 22.0 Å². The van der Waals surface area contributed by atoms with Gasteiger partial charge in [0.05, 0.1) is 24.0 Å². The molecule has 0 spiro atoms. The molecule has 0 aliphatic rings. The Balaban J connectivity index is 2.25. The number of hydrogen-bond donors (Lipinski definition) is 0. The standard InChI is InChI=1S/C16H13FN2O2/c1-2-21-16(20)14-15(11-5-7-12(17)8-6-11)19-9-3-4-13(19)10-18-14/h3-10H,2H2,1H3. The van der Waals surface area contributed by atoms with Gasteiger partial charge < -0.3 is 9.14 Å². The van der Waals surface area contributed by atoms with E-state index in [4.69, 9.17) is 4.74 Å². The average Bonchev–Trinajstić information content (AvgIpc) is 2.96. The number of nitrogens with zero attached hydrogens (tertiary/aromatic N) is 2. The minimum absolute atomic E-state index is 0.215. The van der Waals surface area contributed by atoms with Gasteiger partial charge in [-0.1, -0.05) is 0 Å². The molecule has 0 bridgehead atoms. The maximum Gasteiger partial charge on any atom is 0.359 e. The van der Waals surface area contributed by atoms with Gasteiger partial charge in [-0.05, 0) is 43.3 Å². The molecular weight excluding hydrogens is 271 g/mol. The van der Waals surface area contributed by atoms with E-state index in [9.17, 15) is 9.18 Å². The van der Waals surface area contributed by atoms with Gasteiger partial charge in [-0.3, -0.25) is 0 Å². The highest BCUT2D eigenvalue weighted by Gasteiger charge is 2.18. The summed E-state index contributed by atoms with van der Waals surface area (Å²) in [5.74, 6) is -0.823. The van der Waals surface area contributed by atoms with E-state index in [1.807, 2.05) is 22.7 Å². The van der Waals surface area contributed by atoms with E-state index in [2.05, 4.69) is 4.98 Å². The molecule has 0 aliphatic carbocycles. The average molecular weight is 284 g/mol. The molecule has 0 amide bonds. The summed E-state index contributed by atoms with van der Waals surface area (Å²) in [6.45, 7) is 2.01. The van der Waals surface area contributed by atoms with Crippen LogP contribution in [0.15, 0.2) is 48.8 Å². The Morgan fingerprint density at radius 3 is 2.76 bits per heavy atom. The zero-order valence-electron chi connectivity index (χ0n) is 11.4. The number of esters is 1. The molecule has 0 saturated heterocycles. The van der Waals surface area contributed by atoms with Crippen LogP contribution in [0.4, 0.5) is 4.39 Å². The first-order valence-corrected chi connectivity index (χ1v) is 6.60. The molecule has 3 aromatic rings. The number of ether oxygens (including phenoxy) is 1. The van der Waals surface area contributed by atoms with Crippen molar-refractivity contribution in [2.45, 2.75) is 6.92 Å². The van der Waals surface area contributed by atoms with E-state index in [-0.39, 0.29) is 18.1 Å². The smallest absolute Gasteiger partial charge is 0.359 e. The van der Waals surface area contributed by atoms with Crippen molar-refractivity contribution in [2.75, 3.05) is 6.61 Å². The Bertz CT molecular complexity index is 794. The number of carbonyl (C=O) groups is 1. The lowest BCUT2D eigenvalue weighted by atomic mass is 10.1. The van der Waals surface area contributed by atoms with Gasteiger partial charge in [0.1, 0.15) is 5.82 Å². The summed E-state index contributed by atoms with van der Waals surface area (Å²) >= 11 is 0. The number of hydrogen-bond acceptors (Lipinski definition) is 3. The zero-order chi connectivity index (χ0) is 14.8. The number of aromatic nitrogens is 2. The largest absolute Gasteiger partial charge is 0.461 e. The lowest BCUT2D eigenvalue weighted by Gasteiger charge is -2.11. The molecule has 0 aliphatic heterocycles. The van der Waals surface area contributed by atoms with Crippen LogP contribution in [0.1, 0.15) is 17.4 Å². The summed E-state index contributed by atoms with van der Waals surface area (Å²) in [7, 11) is 0. The lowest BCUT2D eigenvalue weighted by molar-refractivity contribution is 0.0520. The molecule has 5 heteroatoms. The summed E-state index contributed by atoms with van der Waals surface area (Å²) < 4.78 is 20.0. The number of fused-ring (bicyclic) bond motifs is 1. The second kappa shape index (κ2) is 5.36. The molecule has 1 aromatic carbocycles. The molecule has 4 nitrogen and oxygen atoms in total. The summed E-state index contributed by atoms with van der Waals surface area (Å²) in [4.78, 5) is 16.3. The Morgan fingerprint density at radius 1 is 1.29 bits per heavy atom. The highest BCUT2D eigenvalue weighted by Crippen LogP contribution is 2.25. The molecule has 0 unspecified atom stereocenters. The summed E-state index contributed by atoms with van der Waals surface area (Å²) in [6.07, 6.45) is 3.44. The number of halogens is 1. The van der Waals surface area contributed by atoms with Crippen LogP contribution in [0.3, 0.4) is 0 Å². The van der Waals surface area contributed by atoms with Crippen molar-refractivity contribution in [1.82, 2.24) is 9.38 Å². The van der Waals surface area contributed by atoms with Crippen molar-refractivity contribution in [3.63, 3.8) is 0 Å². The monoisotopic (exact) mass is 284 g/mol. The minimum atomic E-state index is -0.493. The predicted molar refractivity (Wildman–Crippen MR) is 76.5 cm³/mol. The second-order valence-electron chi connectivity index (χ2n) is 4.49. The van der Waals surface area contributed by atoms with Crippen LogP contribution < -0.4 is 0 Å². The maximum atomic E-state index is 13.1. The third-order valence-corrected chi connectivity index (χ3v) is 3.16. The van der Waals surface area contributed by atoms with Gasteiger partial charge in [-0.2, -0.15) is 0 Å². The van der Waals surface area contributed by atoms with Gasteiger partial charge in [-0.25, -0.2) is 14.2 Å². The zero-order valence-corrected chi connectivity index (χ0v) is 11.4. The number of benzene rings is 1. The molecule has 0 atom stereocenters. The summed E-state index contributed by atoms with van der Waals surface area (Å²) in [6, 6.07) is 9.69. The van der Waals surface area contributed by atoms with Crippen LogP contribution in [0.25, 0.3) is 16.8 Å². The van der Waals surface area contributed by atoms with Crippen molar-refractivity contribution in [1.29, 1.82) is 0 Å². The summed E-state index contributed by atoms with van der Waals surface area (Å²) in [5.41, 5.74) is 2.36. The van der Waals surface area contributed by atoms with Gasteiger partial charge in [0.2, 0.25) is 0 Å². The third kappa shape index (κ3) is 2.38. The van der Waals surface area contributed by atoms with E-state index in [0.717, 1.165) is 5.52 Å². The second-order valence-corrected chi connectivity index (χ2v) is 4.49. The fourth-order valence-corrected chi connectivity index (χ4v) is 2.24.